The molecule has 3 aliphatic rings. The zero-order valence-corrected chi connectivity index (χ0v) is 23.4. The zero-order chi connectivity index (χ0) is 27.9. The monoisotopic (exact) mass is 582 g/mol. The summed E-state index contributed by atoms with van der Waals surface area (Å²) in [4.78, 5) is 14.9. The number of nitrogens with one attached hydrogen (secondary N) is 2. The van der Waals surface area contributed by atoms with Gasteiger partial charge in [0.05, 0.1) is 16.4 Å². The van der Waals surface area contributed by atoms with Crippen LogP contribution >= 0.6 is 11.6 Å². The Kier molecular flexibility index (Phi) is 7.35. The van der Waals surface area contributed by atoms with Crippen LogP contribution in [0.2, 0.25) is 5.02 Å². The minimum atomic E-state index is -4.09. The van der Waals surface area contributed by atoms with Gasteiger partial charge in [-0.25, -0.2) is 13.2 Å². The number of fused-ring (bicyclic) bond motifs is 2. The van der Waals surface area contributed by atoms with Crippen molar-refractivity contribution in [2.24, 2.45) is 5.92 Å². The van der Waals surface area contributed by atoms with Crippen LogP contribution in [-0.2, 0) is 16.6 Å². The molecule has 1 unspecified atom stereocenters. The largest absolute Gasteiger partial charge is 0.504 e. The van der Waals surface area contributed by atoms with Crippen LogP contribution in [0, 0.1) is 5.92 Å². The summed E-state index contributed by atoms with van der Waals surface area (Å²) in [7, 11) is -4.09. The fourth-order valence-corrected chi connectivity index (χ4v) is 7.84. The van der Waals surface area contributed by atoms with E-state index >= 15 is 0 Å². The molecule has 210 valence electrons. The number of phenolic OH excluding ortho intramolecular Hbond substituents is 1. The summed E-state index contributed by atoms with van der Waals surface area (Å²) in [6.07, 6.45) is 3.27. The van der Waals surface area contributed by atoms with E-state index in [4.69, 9.17) is 16.3 Å². The predicted octanol–water partition coefficient (Wildman–Crippen LogP) is 5.13. The first-order valence-corrected chi connectivity index (χ1v) is 15.2. The van der Waals surface area contributed by atoms with E-state index in [1.54, 1.807) is 24.3 Å². The Morgan fingerprint density at radius 2 is 1.68 bits per heavy atom. The quantitative estimate of drug-likeness (QED) is 0.302. The minimum absolute atomic E-state index is 0.0668. The number of carbonyl (C=O) groups is 1. The third-order valence-electron chi connectivity index (χ3n) is 7.76. The number of para-hydroxylation sites is 2. The lowest BCUT2D eigenvalue weighted by atomic mass is 10.2. The van der Waals surface area contributed by atoms with E-state index in [2.05, 4.69) is 15.5 Å². The number of hydrogen-bond donors (Lipinski definition) is 3. The fraction of sp³-hybridized carbons (Fsp3) is 0.345. The molecule has 0 spiro atoms. The summed E-state index contributed by atoms with van der Waals surface area (Å²) < 4.78 is 34.7. The molecule has 3 N–H and O–H groups in total. The van der Waals surface area contributed by atoms with Crippen LogP contribution < -0.4 is 15.4 Å². The summed E-state index contributed by atoms with van der Waals surface area (Å²) in [5.74, 6) is 0.609. The number of anilines is 2. The Labute approximate surface area is 238 Å². The standard InChI is InChI=1S/C29H31ClN4O5S/c30-23-12-13-25(32-29(36)31-24-8-4-5-9-26(24)39-18-20-6-2-1-3-7-20)27(35)28(23)40(37,38)34-17-21-14-22(34)16-33(21)15-19-10-11-19/h1-9,12-13,19,21-22,35H,10-11,14-18H2,(H2,31,32,36)/t21?,22-/m0/s1. The Hall–Kier alpha value is -3.31. The first-order chi connectivity index (χ1) is 19.3. The lowest BCUT2D eigenvalue weighted by Gasteiger charge is -2.33. The minimum Gasteiger partial charge on any atom is -0.504 e. The molecule has 2 bridgehead atoms. The number of benzene rings is 3. The van der Waals surface area contributed by atoms with E-state index < -0.39 is 21.8 Å². The lowest BCUT2D eigenvalue weighted by Crippen LogP contribution is -2.49. The Balaban J connectivity index is 1.15. The van der Waals surface area contributed by atoms with Gasteiger partial charge in [0.1, 0.15) is 17.3 Å². The van der Waals surface area contributed by atoms with E-state index in [1.807, 2.05) is 30.3 Å². The third kappa shape index (κ3) is 5.49. The number of rotatable bonds is 9. The molecule has 2 amide bonds. The summed E-state index contributed by atoms with van der Waals surface area (Å²) >= 11 is 6.32. The van der Waals surface area contributed by atoms with Crippen molar-refractivity contribution in [2.45, 2.75) is 42.8 Å². The Morgan fingerprint density at radius 1 is 0.950 bits per heavy atom. The number of halogens is 1. The number of amides is 2. The highest BCUT2D eigenvalue weighted by molar-refractivity contribution is 7.89. The van der Waals surface area contributed by atoms with E-state index in [0.717, 1.165) is 24.4 Å². The van der Waals surface area contributed by atoms with Crippen LogP contribution in [0.1, 0.15) is 24.8 Å². The Bertz CT molecular complexity index is 1520. The number of ether oxygens (including phenoxy) is 1. The van der Waals surface area contributed by atoms with Gasteiger partial charge in [0, 0.05) is 31.7 Å². The molecular formula is C29H31ClN4O5S. The molecule has 2 saturated heterocycles. The topological polar surface area (TPSA) is 111 Å². The Morgan fingerprint density at radius 3 is 2.40 bits per heavy atom. The van der Waals surface area contributed by atoms with Crippen molar-refractivity contribution in [2.75, 3.05) is 30.3 Å². The average molecular weight is 583 g/mol. The van der Waals surface area contributed by atoms with E-state index in [9.17, 15) is 18.3 Å². The van der Waals surface area contributed by atoms with Crippen molar-refractivity contribution < 1.29 is 23.1 Å². The second-order valence-electron chi connectivity index (χ2n) is 10.6. The molecule has 1 saturated carbocycles. The normalized spacial score (nSPS) is 20.9. The molecule has 11 heteroatoms. The highest BCUT2D eigenvalue weighted by atomic mass is 35.5. The highest BCUT2D eigenvalue weighted by Crippen LogP contribution is 2.43. The SMILES string of the molecule is O=C(Nc1ccccc1OCc1ccccc1)Nc1ccc(Cl)c(S(=O)(=O)N2CC3C[C@H]2CN3CC2CC2)c1O. The van der Waals surface area contributed by atoms with Gasteiger partial charge in [-0.2, -0.15) is 4.31 Å². The van der Waals surface area contributed by atoms with E-state index in [0.29, 0.717) is 31.1 Å². The molecule has 6 rings (SSSR count). The number of phenols is 1. The lowest BCUT2D eigenvalue weighted by molar-refractivity contribution is 0.175. The summed E-state index contributed by atoms with van der Waals surface area (Å²) in [6, 6.07) is 18.7. The summed E-state index contributed by atoms with van der Waals surface area (Å²) in [5, 5.41) is 16.2. The molecule has 0 aromatic heterocycles. The van der Waals surface area contributed by atoms with Crippen LogP contribution in [0.25, 0.3) is 0 Å². The maximum atomic E-state index is 13.7. The number of nitrogens with zero attached hydrogens (tertiary/aromatic N) is 2. The fourth-order valence-electron chi connectivity index (χ4n) is 5.58. The first kappa shape index (κ1) is 26.9. The van der Waals surface area contributed by atoms with Gasteiger partial charge in [0.15, 0.2) is 5.75 Å². The molecular weight excluding hydrogens is 552 g/mol. The van der Waals surface area contributed by atoms with Gasteiger partial charge in [-0.3, -0.25) is 4.90 Å². The number of carbonyl (C=O) groups excluding carboxylic acids is 1. The van der Waals surface area contributed by atoms with Gasteiger partial charge in [-0.15, -0.1) is 0 Å². The number of sulfonamides is 1. The van der Waals surface area contributed by atoms with Gasteiger partial charge in [0.2, 0.25) is 10.0 Å². The van der Waals surface area contributed by atoms with Crippen LogP contribution in [-0.4, -0.2) is 60.5 Å². The molecule has 2 aliphatic heterocycles. The molecule has 9 nitrogen and oxygen atoms in total. The van der Waals surface area contributed by atoms with Crippen molar-refractivity contribution in [1.82, 2.24) is 9.21 Å². The van der Waals surface area contributed by atoms with Gasteiger partial charge in [-0.1, -0.05) is 54.1 Å². The number of aromatic hydroxyl groups is 1. The van der Waals surface area contributed by atoms with Gasteiger partial charge in [0.25, 0.3) is 0 Å². The highest BCUT2D eigenvalue weighted by Gasteiger charge is 2.50. The van der Waals surface area contributed by atoms with E-state index in [1.165, 1.54) is 29.3 Å². The molecule has 1 aliphatic carbocycles. The first-order valence-electron chi connectivity index (χ1n) is 13.4. The molecule has 2 atom stereocenters. The van der Waals surface area contributed by atoms with Crippen molar-refractivity contribution in [1.29, 1.82) is 0 Å². The van der Waals surface area contributed by atoms with Crippen molar-refractivity contribution >= 4 is 39.0 Å². The second-order valence-corrected chi connectivity index (χ2v) is 12.9. The predicted molar refractivity (Wildman–Crippen MR) is 153 cm³/mol. The maximum absolute atomic E-state index is 13.7. The number of hydrogen-bond acceptors (Lipinski definition) is 6. The van der Waals surface area contributed by atoms with Crippen LogP contribution in [0.3, 0.4) is 0 Å². The van der Waals surface area contributed by atoms with Gasteiger partial charge in [-0.05, 0) is 55.0 Å². The molecule has 3 aromatic carbocycles. The summed E-state index contributed by atoms with van der Waals surface area (Å²) in [5.41, 5.74) is 1.33. The number of urea groups is 1. The molecule has 40 heavy (non-hydrogen) atoms. The molecule has 3 fully saturated rings. The second kappa shape index (κ2) is 10.9. The molecule has 0 radical (unpaired) electrons. The smallest absolute Gasteiger partial charge is 0.323 e. The molecule has 3 aromatic rings. The summed E-state index contributed by atoms with van der Waals surface area (Å²) in [6.45, 7) is 2.39. The maximum Gasteiger partial charge on any atom is 0.323 e. The van der Waals surface area contributed by atoms with Gasteiger partial charge >= 0.3 is 6.03 Å². The van der Waals surface area contributed by atoms with Crippen LogP contribution in [0.4, 0.5) is 16.2 Å². The molecule has 2 heterocycles. The van der Waals surface area contributed by atoms with Crippen molar-refractivity contribution in [3.8, 4) is 11.5 Å². The number of likely N-dealkylation sites (tertiary alicyclic amines) is 1. The van der Waals surface area contributed by atoms with Crippen LogP contribution in [0.15, 0.2) is 71.6 Å². The average Bonchev–Trinajstić information content (AvgIpc) is 3.52. The van der Waals surface area contributed by atoms with Crippen LogP contribution in [0.5, 0.6) is 11.5 Å². The van der Waals surface area contributed by atoms with E-state index in [-0.39, 0.29) is 27.7 Å². The van der Waals surface area contributed by atoms with Crippen molar-refractivity contribution in [3.05, 3.63) is 77.3 Å². The number of piperazine rings is 1. The van der Waals surface area contributed by atoms with Gasteiger partial charge < -0.3 is 20.5 Å². The zero-order valence-electron chi connectivity index (χ0n) is 21.8. The third-order valence-corrected chi connectivity index (χ3v) is 10.2. The van der Waals surface area contributed by atoms with Crippen molar-refractivity contribution in [3.63, 3.8) is 0 Å².